The summed E-state index contributed by atoms with van der Waals surface area (Å²) in [7, 11) is -4.77. The Bertz CT molecular complexity index is 1110. The van der Waals surface area contributed by atoms with Crippen LogP contribution in [0.25, 0.3) is 0 Å². The van der Waals surface area contributed by atoms with Crippen LogP contribution in [0.2, 0.25) is 36.3 Å². The third kappa shape index (κ3) is 15.0. The fraction of sp³-hybridized carbons (Fsp3) is 0.889. The molecule has 49 heavy (non-hydrogen) atoms. The van der Waals surface area contributed by atoms with Crippen molar-refractivity contribution in [1.82, 2.24) is 16.0 Å². The SMILES string of the molecule is CC[C@H](C)[C@H](NC(=O)[C@@H](NC(=O)[C@@H](C[C@@H](O[Si](C)(C)C(C)(C)C)[C@H](C)NC(=O)OC(C)(C)C)[C@@H](C)O[Si](C)(C)C(C)(C)C)C(C)C)C(N)=O. The first-order valence-electron chi connectivity index (χ1n) is 18.0. The Hall–Kier alpha value is -1.97. The molecule has 0 saturated carbocycles. The highest BCUT2D eigenvalue weighted by molar-refractivity contribution is 6.74. The van der Waals surface area contributed by atoms with Crippen molar-refractivity contribution >= 4 is 40.4 Å². The van der Waals surface area contributed by atoms with Gasteiger partial charge in [-0.3, -0.25) is 14.4 Å². The number of nitrogens with one attached hydrogen (secondary N) is 3. The first kappa shape index (κ1) is 47.0. The summed E-state index contributed by atoms with van der Waals surface area (Å²) in [5.41, 5.74) is 4.96. The average Bonchev–Trinajstić information content (AvgIpc) is 2.88. The van der Waals surface area contributed by atoms with E-state index in [1.807, 2.05) is 41.5 Å². The molecule has 0 aromatic heterocycles. The molecule has 0 saturated heterocycles. The predicted octanol–water partition coefficient (Wildman–Crippen LogP) is 6.86. The van der Waals surface area contributed by atoms with Gasteiger partial charge in [-0.15, -0.1) is 0 Å². The number of rotatable bonds is 17. The second-order valence-electron chi connectivity index (χ2n) is 18.3. The fourth-order valence-electron chi connectivity index (χ4n) is 4.75. The van der Waals surface area contributed by atoms with Crippen LogP contribution in [-0.2, 0) is 28.0 Å². The van der Waals surface area contributed by atoms with Crippen molar-refractivity contribution in [2.45, 2.75) is 189 Å². The smallest absolute Gasteiger partial charge is 0.407 e. The van der Waals surface area contributed by atoms with Gasteiger partial charge in [0.15, 0.2) is 16.6 Å². The van der Waals surface area contributed by atoms with Gasteiger partial charge in [-0.25, -0.2) is 4.79 Å². The van der Waals surface area contributed by atoms with E-state index < -0.39 is 76.4 Å². The Balaban J connectivity index is 6.92. The van der Waals surface area contributed by atoms with Gasteiger partial charge in [-0.2, -0.15) is 0 Å². The summed E-state index contributed by atoms with van der Waals surface area (Å²) in [5.74, 6) is -2.68. The lowest BCUT2D eigenvalue weighted by molar-refractivity contribution is -0.136. The quantitative estimate of drug-likeness (QED) is 0.119. The molecule has 0 bridgehead atoms. The molecule has 0 aliphatic carbocycles. The van der Waals surface area contributed by atoms with Crippen molar-refractivity contribution in [2.24, 2.45) is 23.5 Å². The van der Waals surface area contributed by atoms with Crippen LogP contribution in [0.5, 0.6) is 0 Å². The molecule has 0 aliphatic rings. The van der Waals surface area contributed by atoms with E-state index in [9.17, 15) is 19.2 Å². The number of hydrogen-bond acceptors (Lipinski definition) is 7. The van der Waals surface area contributed by atoms with E-state index in [1.54, 1.807) is 20.8 Å². The molecule has 0 spiro atoms. The van der Waals surface area contributed by atoms with Crippen molar-refractivity contribution < 1.29 is 32.8 Å². The van der Waals surface area contributed by atoms with Gasteiger partial charge in [0, 0.05) is 0 Å². The molecule has 11 nitrogen and oxygen atoms in total. The molecule has 4 amide bonds. The highest BCUT2D eigenvalue weighted by Crippen LogP contribution is 2.40. The summed E-state index contributed by atoms with van der Waals surface area (Å²) < 4.78 is 19.3. The molecule has 288 valence electrons. The Morgan fingerprint density at radius 1 is 0.694 bits per heavy atom. The predicted molar refractivity (Wildman–Crippen MR) is 204 cm³/mol. The molecule has 0 rings (SSSR count). The first-order chi connectivity index (χ1) is 21.8. The lowest BCUT2D eigenvalue weighted by Gasteiger charge is -2.44. The minimum Gasteiger partial charge on any atom is -0.444 e. The molecule has 0 radical (unpaired) electrons. The summed E-state index contributed by atoms with van der Waals surface area (Å²) >= 11 is 0. The van der Waals surface area contributed by atoms with Gasteiger partial charge in [0.25, 0.3) is 0 Å². The number of amides is 4. The standard InChI is InChI=1S/C36H74N4O7Si2/c1-20-23(4)29(30(37)41)40-32(43)28(22(2)3)39-31(42)26(25(6)46-48(16,17)35(10,11)12)21-27(47-49(18,19)36(13,14)15)24(5)38-33(44)45-34(7,8)9/h22-29H,20-21H2,1-19H3,(H2,37,41)(H,38,44)(H,39,42)(H,40,43)/t23-,24-,25+,26-,27+,28-,29-/m0/s1. The van der Waals surface area contributed by atoms with E-state index >= 15 is 0 Å². The lowest BCUT2D eigenvalue weighted by Crippen LogP contribution is -2.58. The monoisotopic (exact) mass is 731 g/mol. The first-order valence-corrected chi connectivity index (χ1v) is 23.8. The Kier molecular flexibility index (Phi) is 17.3. The van der Waals surface area contributed by atoms with Crippen LogP contribution in [0.4, 0.5) is 4.79 Å². The summed E-state index contributed by atoms with van der Waals surface area (Å²) in [6.07, 6.45) is -0.839. The highest BCUT2D eigenvalue weighted by Gasteiger charge is 2.45. The zero-order valence-corrected chi connectivity index (χ0v) is 36.5. The Morgan fingerprint density at radius 3 is 1.53 bits per heavy atom. The van der Waals surface area contributed by atoms with Crippen LogP contribution in [-0.4, -0.2) is 76.4 Å². The maximum absolute atomic E-state index is 14.5. The van der Waals surface area contributed by atoms with Crippen molar-refractivity contribution in [3.8, 4) is 0 Å². The van der Waals surface area contributed by atoms with E-state index in [0.29, 0.717) is 6.42 Å². The number of primary amides is 1. The third-order valence-corrected chi connectivity index (χ3v) is 19.4. The summed E-state index contributed by atoms with van der Waals surface area (Å²) in [6, 6.07) is -2.32. The Morgan fingerprint density at radius 2 is 1.14 bits per heavy atom. The van der Waals surface area contributed by atoms with Gasteiger partial charge in [-0.1, -0.05) is 75.7 Å². The normalized spacial score (nSPS) is 17.6. The molecule has 0 unspecified atom stereocenters. The minimum atomic E-state index is -2.42. The van der Waals surface area contributed by atoms with E-state index in [1.165, 1.54) is 0 Å². The number of alkyl carbamates (subject to hydrolysis) is 1. The fourth-order valence-corrected chi connectivity index (χ4v) is 7.61. The van der Waals surface area contributed by atoms with Crippen molar-refractivity contribution in [3.05, 3.63) is 0 Å². The van der Waals surface area contributed by atoms with E-state index in [-0.39, 0.29) is 34.2 Å². The topological polar surface area (TPSA) is 158 Å². The van der Waals surface area contributed by atoms with Crippen molar-refractivity contribution in [2.75, 3.05) is 0 Å². The van der Waals surface area contributed by atoms with E-state index in [0.717, 1.165) is 0 Å². The summed E-state index contributed by atoms with van der Waals surface area (Å²) in [4.78, 5) is 53.3. The molecular formula is C36H74N4O7Si2. The van der Waals surface area contributed by atoms with E-state index in [2.05, 4.69) is 83.7 Å². The second kappa shape index (κ2) is 18.0. The molecular weight excluding hydrogens is 657 g/mol. The molecule has 0 fully saturated rings. The van der Waals surface area contributed by atoms with Crippen LogP contribution in [0.1, 0.15) is 117 Å². The van der Waals surface area contributed by atoms with Gasteiger partial charge >= 0.3 is 6.09 Å². The van der Waals surface area contributed by atoms with Gasteiger partial charge in [-0.05, 0) is 89.1 Å². The summed E-state index contributed by atoms with van der Waals surface area (Å²) in [5, 5.41) is 8.49. The van der Waals surface area contributed by atoms with Gasteiger partial charge in [0.1, 0.15) is 17.7 Å². The zero-order chi connectivity index (χ0) is 39.1. The maximum atomic E-state index is 14.5. The van der Waals surface area contributed by atoms with Crippen molar-refractivity contribution in [3.63, 3.8) is 0 Å². The highest BCUT2D eigenvalue weighted by atomic mass is 28.4. The average molecular weight is 731 g/mol. The number of carbonyl (C=O) groups is 4. The van der Waals surface area contributed by atoms with Crippen molar-refractivity contribution in [1.29, 1.82) is 0 Å². The molecule has 0 aromatic carbocycles. The number of hydrogen-bond donors (Lipinski definition) is 4. The van der Waals surface area contributed by atoms with Gasteiger partial charge in [0.05, 0.1) is 24.2 Å². The zero-order valence-electron chi connectivity index (χ0n) is 34.5. The number of carbonyl (C=O) groups excluding carboxylic acids is 4. The van der Waals surface area contributed by atoms with Crippen LogP contribution in [0, 0.1) is 17.8 Å². The molecule has 13 heteroatoms. The van der Waals surface area contributed by atoms with Crippen LogP contribution >= 0.6 is 0 Å². The lowest BCUT2D eigenvalue weighted by atomic mass is 9.91. The minimum absolute atomic E-state index is 0.120. The third-order valence-electron chi connectivity index (χ3n) is 10.3. The van der Waals surface area contributed by atoms with Gasteiger partial charge in [0.2, 0.25) is 17.7 Å². The molecule has 5 N–H and O–H groups in total. The van der Waals surface area contributed by atoms with Crippen LogP contribution in [0.3, 0.4) is 0 Å². The molecule has 7 atom stereocenters. The van der Waals surface area contributed by atoms with Gasteiger partial charge < -0.3 is 35.3 Å². The van der Waals surface area contributed by atoms with Crippen LogP contribution in [0.15, 0.2) is 0 Å². The largest absolute Gasteiger partial charge is 0.444 e. The molecule has 0 aromatic rings. The van der Waals surface area contributed by atoms with Crippen LogP contribution < -0.4 is 21.7 Å². The maximum Gasteiger partial charge on any atom is 0.407 e. The summed E-state index contributed by atoms with van der Waals surface area (Å²) in [6.45, 7) is 38.0. The number of nitrogens with two attached hydrogens (primary N) is 1. The van der Waals surface area contributed by atoms with E-state index in [4.69, 9.17) is 19.3 Å². The molecule has 0 heterocycles. The second-order valence-corrected chi connectivity index (χ2v) is 27.8. The Labute approximate surface area is 300 Å². The molecule has 0 aliphatic heterocycles. The number of ether oxygens (including phenoxy) is 1.